The quantitative estimate of drug-likeness (QED) is 0.683. The molecule has 1 fully saturated rings. The summed E-state index contributed by atoms with van der Waals surface area (Å²) in [4.78, 5) is 2.34. The van der Waals surface area contributed by atoms with Crippen molar-refractivity contribution < 1.29 is 13.2 Å². The summed E-state index contributed by atoms with van der Waals surface area (Å²) < 4.78 is 28.9. The SMILES string of the molecule is COCCNCC1CCCCN1CCS(=O)(=O)C(C)(C)C. The van der Waals surface area contributed by atoms with Crippen molar-refractivity contribution in [1.29, 1.82) is 0 Å². The second-order valence-corrected chi connectivity index (χ2v) is 9.68. The Morgan fingerprint density at radius 2 is 2.00 bits per heavy atom. The third-order valence-corrected chi connectivity index (χ3v) is 6.78. The minimum Gasteiger partial charge on any atom is -0.383 e. The summed E-state index contributed by atoms with van der Waals surface area (Å²) in [5.41, 5.74) is 0. The Balaban J connectivity index is 2.46. The molecular formula is C15H32N2O3S. The molecule has 1 aliphatic heterocycles. The smallest absolute Gasteiger partial charge is 0.156 e. The molecule has 1 rings (SSSR count). The van der Waals surface area contributed by atoms with Crippen molar-refractivity contribution in [2.24, 2.45) is 0 Å². The van der Waals surface area contributed by atoms with Gasteiger partial charge in [0.1, 0.15) is 0 Å². The number of nitrogens with zero attached hydrogens (tertiary/aromatic N) is 1. The summed E-state index contributed by atoms with van der Waals surface area (Å²) in [5, 5.41) is 3.40. The predicted molar refractivity (Wildman–Crippen MR) is 87.5 cm³/mol. The monoisotopic (exact) mass is 320 g/mol. The van der Waals surface area contributed by atoms with Gasteiger partial charge in [0.15, 0.2) is 9.84 Å². The van der Waals surface area contributed by atoms with Gasteiger partial charge in [0.2, 0.25) is 0 Å². The zero-order valence-electron chi connectivity index (χ0n) is 14.0. The standard InChI is InChI=1S/C15H32N2O3S/c1-15(2,3)21(18,19)12-10-17-9-6-5-7-14(17)13-16-8-11-20-4/h14,16H,5-13H2,1-4H3. The first-order valence-corrected chi connectivity index (χ1v) is 9.59. The van der Waals surface area contributed by atoms with Gasteiger partial charge < -0.3 is 10.1 Å². The van der Waals surface area contributed by atoms with Crippen LogP contribution in [-0.2, 0) is 14.6 Å². The predicted octanol–water partition coefficient (Wildman–Crippen LogP) is 1.29. The third-order valence-electron chi connectivity index (χ3n) is 4.19. The fraction of sp³-hybridized carbons (Fsp3) is 1.00. The first-order valence-electron chi connectivity index (χ1n) is 7.94. The van der Waals surface area contributed by atoms with Crippen molar-refractivity contribution in [3.8, 4) is 0 Å². The molecular weight excluding hydrogens is 288 g/mol. The van der Waals surface area contributed by atoms with Gasteiger partial charge in [-0.15, -0.1) is 0 Å². The first kappa shape index (κ1) is 18.9. The van der Waals surface area contributed by atoms with E-state index in [-0.39, 0.29) is 5.75 Å². The average Bonchev–Trinajstić information content (AvgIpc) is 2.41. The van der Waals surface area contributed by atoms with Gasteiger partial charge in [0.05, 0.1) is 17.1 Å². The molecule has 0 aromatic rings. The Labute approximate surface area is 130 Å². The lowest BCUT2D eigenvalue weighted by molar-refractivity contribution is 0.147. The van der Waals surface area contributed by atoms with E-state index in [1.54, 1.807) is 27.9 Å². The number of methoxy groups -OCH3 is 1. The topological polar surface area (TPSA) is 58.6 Å². The molecule has 126 valence electrons. The summed E-state index contributed by atoms with van der Waals surface area (Å²) in [6.07, 6.45) is 3.55. The highest BCUT2D eigenvalue weighted by molar-refractivity contribution is 7.92. The molecule has 1 aliphatic rings. The molecule has 0 aliphatic carbocycles. The van der Waals surface area contributed by atoms with Crippen molar-refractivity contribution >= 4 is 9.84 Å². The Morgan fingerprint density at radius 3 is 2.62 bits per heavy atom. The number of rotatable bonds is 8. The minimum absolute atomic E-state index is 0.255. The van der Waals surface area contributed by atoms with Crippen LogP contribution in [-0.4, -0.2) is 69.8 Å². The van der Waals surface area contributed by atoms with Crippen LogP contribution < -0.4 is 5.32 Å². The van der Waals surface area contributed by atoms with Gasteiger partial charge in [-0.05, 0) is 40.2 Å². The van der Waals surface area contributed by atoms with Crippen LogP contribution in [0.3, 0.4) is 0 Å². The van der Waals surface area contributed by atoms with Gasteiger partial charge in [-0.3, -0.25) is 4.90 Å². The number of likely N-dealkylation sites (tertiary alicyclic amines) is 1. The second-order valence-electron chi connectivity index (χ2n) is 6.81. The molecule has 1 N–H and O–H groups in total. The van der Waals surface area contributed by atoms with Gasteiger partial charge in [-0.2, -0.15) is 0 Å². The van der Waals surface area contributed by atoms with E-state index in [9.17, 15) is 8.42 Å². The summed E-state index contributed by atoms with van der Waals surface area (Å²) in [5.74, 6) is 0.255. The summed E-state index contributed by atoms with van der Waals surface area (Å²) in [7, 11) is -1.33. The lowest BCUT2D eigenvalue weighted by Gasteiger charge is -2.36. The van der Waals surface area contributed by atoms with Crippen molar-refractivity contribution in [2.45, 2.75) is 50.8 Å². The lowest BCUT2D eigenvalue weighted by Crippen LogP contribution is -2.48. The van der Waals surface area contributed by atoms with E-state index in [0.717, 1.165) is 26.1 Å². The van der Waals surface area contributed by atoms with Crippen molar-refractivity contribution in [3.05, 3.63) is 0 Å². The summed E-state index contributed by atoms with van der Waals surface area (Å²) >= 11 is 0. The number of ether oxygens (including phenoxy) is 1. The van der Waals surface area contributed by atoms with Gasteiger partial charge in [0, 0.05) is 32.8 Å². The van der Waals surface area contributed by atoms with Gasteiger partial charge in [0.25, 0.3) is 0 Å². The van der Waals surface area contributed by atoms with Gasteiger partial charge in [-0.1, -0.05) is 6.42 Å². The number of hydrogen-bond donors (Lipinski definition) is 1. The molecule has 0 bridgehead atoms. The van der Waals surface area contributed by atoms with Crippen molar-refractivity contribution in [1.82, 2.24) is 10.2 Å². The fourth-order valence-corrected chi connectivity index (χ4v) is 3.66. The molecule has 0 amide bonds. The van der Waals surface area contributed by atoms with Crippen LogP contribution >= 0.6 is 0 Å². The highest BCUT2D eigenvalue weighted by atomic mass is 32.2. The number of sulfone groups is 1. The Hall–Kier alpha value is -0.170. The first-order chi connectivity index (χ1) is 9.78. The maximum Gasteiger partial charge on any atom is 0.156 e. The maximum atomic E-state index is 12.2. The van der Waals surface area contributed by atoms with Crippen LogP contribution in [0.15, 0.2) is 0 Å². The summed E-state index contributed by atoms with van der Waals surface area (Å²) in [6, 6.07) is 0.450. The molecule has 1 saturated heterocycles. The zero-order chi connectivity index (χ0) is 15.9. The third kappa shape index (κ3) is 6.22. The van der Waals surface area contributed by atoms with Crippen LogP contribution in [0.5, 0.6) is 0 Å². The van der Waals surface area contributed by atoms with Crippen LogP contribution in [0, 0.1) is 0 Å². The van der Waals surface area contributed by atoms with E-state index in [2.05, 4.69) is 10.2 Å². The maximum absolute atomic E-state index is 12.2. The van der Waals surface area contributed by atoms with Crippen molar-refractivity contribution in [2.75, 3.05) is 45.6 Å². The summed E-state index contributed by atoms with van der Waals surface area (Å²) in [6.45, 7) is 9.48. The fourth-order valence-electron chi connectivity index (χ4n) is 2.57. The Kier molecular flexibility index (Phi) is 7.60. The number of piperidine rings is 1. The highest BCUT2D eigenvalue weighted by Gasteiger charge is 2.30. The molecule has 0 spiro atoms. The molecule has 21 heavy (non-hydrogen) atoms. The molecule has 1 atom stereocenters. The molecule has 0 aromatic heterocycles. The zero-order valence-corrected chi connectivity index (χ0v) is 14.8. The number of hydrogen-bond acceptors (Lipinski definition) is 5. The molecule has 0 saturated carbocycles. The van der Waals surface area contributed by atoms with Crippen LogP contribution in [0.4, 0.5) is 0 Å². The van der Waals surface area contributed by atoms with Crippen LogP contribution in [0.2, 0.25) is 0 Å². The Morgan fingerprint density at radius 1 is 1.29 bits per heavy atom. The Bertz CT molecular complexity index is 390. The second kappa shape index (κ2) is 8.46. The van der Waals surface area contributed by atoms with Crippen molar-refractivity contribution in [3.63, 3.8) is 0 Å². The molecule has 1 heterocycles. The molecule has 0 aromatic carbocycles. The van der Waals surface area contributed by atoms with E-state index in [0.29, 0.717) is 19.2 Å². The normalized spacial score (nSPS) is 21.6. The average molecular weight is 320 g/mol. The van der Waals surface area contributed by atoms with E-state index in [1.165, 1.54) is 12.8 Å². The van der Waals surface area contributed by atoms with Crippen LogP contribution in [0.25, 0.3) is 0 Å². The van der Waals surface area contributed by atoms with Gasteiger partial charge in [-0.25, -0.2) is 8.42 Å². The van der Waals surface area contributed by atoms with E-state index < -0.39 is 14.6 Å². The van der Waals surface area contributed by atoms with E-state index >= 15 is 0 Å². The van der Waals surface area contributed by atoms with Gasteiger partial charge >= 0.3 is 0 Å². The van der Waals surface area contributed by atoms with E-state index in [1.807, 2.05) is 0 Å². The van der Waals surface area contributed by atoms with E-state index in [4.69, 9.17) is 4.74 Å². The highest BCUT2D eigenvalue weighted by Crippen LogP contribution is 2.19. The minimum atomic E-state index is -3.03. The largest absolute Gasteiger partial charge is 0.383 e. The molecule has 5 nitrogen and oxygen atoms in total. The lowest BCUT2D eigenvalue weighted by atomic mass is 10.0. The molecule has 6 heteroatoms. The van der Waals surface area contributed by atoms with Crippen LogP contribution in [0.1, 0.15) is 40.0 Å². The molecule has 1 unspecified atom stereocenters. The number of nitrogens with one attached hydrogen (secondary N) is 1. The molecule has 0 radical (unpaired) electrons.